The zero-order chi connectivity index (χ0) is 21.0. The predicted octanol–water partition coefficient (Wildman–Crippen LogP) is 5.98. The smallest absolute Gasteiger partial charge is 0.339 e. The summed E-state index contributed by atoms with van der Waals surface area (Å²) in [7, 11) is 0. The molecule has 0 radical (unpaired) electrons. The molecule has 27 heavy (non-hydrogen) atoms. The number of anilines is 1. The molecule has 0 saturated heterocycles. The fraction of sp³-hybridized carbons (Fsp3) is 0.381. The Kier molecular flexibility index (Phi) is 11.7. The Morgan fingerprint density at radius 2 is 1.70 bits per heavy atom. The first-order chi connectivity index (χ1) is 12.9. The molecule has 5 nitrogen and oxygen atoms in total. The van der Waals surface area contributed by atoms with Gasteiger partial charge in [0.2, 0.25) is 0 Å². The second-order valence-electron chi connectivity index (χ2n) is 5.32. The van der Waals surface area contributed by atoms with Gasteiger partial charge in [-0.05, 0) is 50.2 Å². The van der Waals surface area contributed by atoms with Crippen LogP contribution < -0.4 is 5.32 Å². The average Bonchev–Trinajstić information content (AvgIpc) is 2.65. The van der Waals surface area contributed by atoms with Crippen molar-refractivity contribution in [3.8, 4) is 11.5 Å². The summed E-state index contributed by atoms with van der Waals surface area (Å²) in [6.07, 6.45) is -0.217. The molecule has 2 aromatic carbocycles. The number of carbonyl (C=O) groups is 1. The second-order valence-corrected chi connectivity index (χ2v) is 5.72. The molecule has 0 fully saturated rings. The van der Waals surface area contributed by atoms with Crippen molar-refractivity contribution in [1.82, 2.24) is 0 Å². The van der Waals surface area contributed by atoms with Gasteiger partial charge in [0.15, 0.2) is 0 Å². The van der Waals surface area contributed by atoms with E-state index in [0.717, 1.165) is 0 Å². The molecule has 3 N–H and O–H groups in total. The minimum absolute atomic E-state index is 0.0735. The number of aromatic hydroxyl groups is 2. The first-order valence-electron chi connectivity index (χ1n) is 9.12. The Labute approximate surface area is 167 Å². The molecule has 0 spiro atoms. The van der Waals surface area contributed by atoms with Gasteiger partial charge < -0.3 is 20.3 Å². The van der Waals surface area contributed by atoms with Crippen LogP contribution in [0, 0.1) is 0 Å². The van der Waals surface area contributed by atoms with Crippen molar-refractivity contribution in [2.45, 2.75) is 54.2 Å². The van der Waals surface area contributed by atoms with Crippen LogP contribution in [0.5, 0.6) is 11.5 Å². The fourth-order valence-electron chi connectivity index (χ4n) is 1.98. The second kappa shape index (κ2) is 12.9. The van der Waals surface area contributed by atoms with E-state index in [4.69, 9.17) is 16.3 Å². The lowest BCUT2D eigenvalue weighted by molar-refractivity contribution is 0.0378. The molecule has 0 heterocycles. The van der Waals surface area contributed by atoms with Crippen LogP contribution in [0.3, 0.4) is 0 Å². The Morgan fingerprint density at radius 3 is 2.26 bits per heavy atom. The van der Waals surface area contributed by atoms with Gasteiger partial charge in [-0.2, -0.15) is 0 Å². The number of nitrogens with one attached hydrogen (secondary N) is 1. The maximum atomic E-state index is 11.9. The topological polar surface area (TPSA) is 78.8 Å². The van der Waals surface area contributed by atoms with Crippen molar-refractivity contribution in [3.63, 3.8) is 0 Å². The molecule has 2 rings (SSSR count). The number of hydrogen-bond donors (Lipinski definition) is 3. The largest absolute Gasteiger partial charge is 0.508 e. The molecular weight excluding hydrogens is 366 g/mol. The normalized spacial score (nSPS) is 9.48. The summed E-state index contributed by atoms with van der Waals surface area (Å²) in [4.78, 5) is 11.9. The van der Waals surface area contributed by atoms with E-state index in [-0.39, 0.29) is 22.6 Å². The van der Waals surface area contributed by atoms with E-state index in [1.807, 2.05) is 27.7 Å². The van der Waals surface area contributed by atoms with Gasteiger partial charge >= 0.3 is 5.97 Å². The summed E-state index contributed by atoms with van der Waals surface area (Å²) in [6, 6.07) is 9.19. The summed E-state index contributed by atoms with van der Waals surface area (Å²) in [5, 5.41) is 22.5. The number of halogens is 1. The van der Waals surface area contributed by atoms with Gasteiger partial charge in [0.1, 0.15) is 11.5 Å². The van der Waals surface area contributed by atoms with Crippen LogP contribution in [0.25, 0.3) is 0 Å². The molecule has 0 amide bonds. The minimum Gasteiger partial charge on any atom is -0.508 e. The van der Waals surface area contributed by atoms with Gasteiger partial charge in [0.05, 0.1) is 16.7 Å². The third-order valence-electron chi connectivity index (χ3n) is 3.08. The van der Waals surface area contributed by atoms with Crippen LogP contribution >= 0.6 is 11.6 Å². The van der Waals surface area contributed by atoms with E-state index in [2.05, 4.69) is 5.32 Å². The maximum absolute atomic E-state index is 11.9. The van der Waals surface area contributed by atoms with Crippen molar-refractivity contribution >= 4 is 23.3 Å². The third kappa shape index (κ3) is 8.22. The lowest BCUT2D eigenvalue weighted by atomic mass is 10.1. The third-order valence-corrected chi connectivity index (χ3v) is 3.39. The number of hydrogen-bond acceptors (Lipinski definition) is 5. The van der Waals surface area contributed by atoms with Crippen molar-refractivity contribution < 1.29 is 19.7 Å². The number of rotatable bonds is 5. The lowest BCUT2D eigenvalue weighted by Gasteiger charge is -2.12. The van der Waals surface area contributed by atoms with E-state index in [0.29, 0.717) is 23.4 Å². The highest BCUT2D eigenvalue weighted by molar-refractivity contribution is 6.33. The zero-order valence-electron chi connectivity index (χ0n) is 16.8. The summed E-state index contributed by atoms with van der Waals surface area (Å²) < 4.78 is 5.11. The van der Waals surface area contributed by atoms with E-state index < -0.39 is 5.97 Å². The van der Waals surface area contributed by atoms with Gasteiger partial charge in [-0.3, -0.25) is 0 Å². The first kappa shape index (κ1) is 24.6. The molecule has 0 saturated carbocycles. The molecule has 0 aliphatic carbocycles. The monoisotopic (exact) mass is 395 g/mol. The van der Waals surface area contributed by atoms with Crippen molar-refractivity contribution in [3.05, 3.63) is 52.5 Å². The van der Waals surface area contributed by atoms with Gasteiger partial charge in [0.25, 0.3) is 0 Å². The van der Waals surface area contributed by atoms with Gasteiger partial charge in [-0.1, -0.05) is 39.3 Å². The van der Waals surface area contributed by atoms with Crippen molar-refractivity contribution in [1.29, 1.82) is 0 Å². The number of phenolic OH excluding ortho intramolecular Hbond substituents is 2. The lowest BCUT2D eigenvalue weighted by Crippen LogP contribution is -2.12. The Balaban J connectivity index is 0.00000158. The first-order valence-corrected chi connectivity index (χ1v) is 9.50. The Bertz CT molecular complexity index is 717. The summed E-state index contributed by atoms with van der Waals surface area (Å²) in [5.74, 6) is -0.315. The van der Waals surface area contributed by atoms with Gasteiger partial charge in [-0.25, -0.2) is 4.79 Å². The van der Waals surface area contributed by atoms with Gasteiger partial charge in [-0.15, -0.1) is 0 Å². The highest BCUT2D eigenvalue weighted by Crippen LogP contribution is 2.25. The molecule has 2 aromatic rings. The molecule has 0 bridgehead atoms. The number of benzene rings is 2. The number of ether oxygens (including phenoxy) is 1. The maximum Gasteiger partial charge on any atom is 0.339 e. The average molecular weight is 396 g/mol. The number of esters is 1. The van der Waals surface area contributed by atoms with Crippen LogP contribution in [0.4, 0.5) is 5.69 Å². The van der Waals surface area contributed by atoms with Crippen LogP contribution in [0.1, 0.15) is 57.5 Å². The quantitative estimate of drug-likeness (QED) is 0.428. The summed E-state index contributed by atoms with van der Waals surface area (Å²) in [6.45, 7) is 11.8. The van der Waals surface area contributed by atoms with Crippen LogP contribution in [-0.2, 0) is 11.3 Å². The highest BCUT2D eigenvalue weighted by Gasteiger charge is 2.14. The molecule has 0 unspecified atom stereocenters. The summed E-state index contributed by atoms with van der Waals surface area (Å²) >= 11 is 6.12. The van der Waals surface area contributed by atoms with Crippen LogP contribution in [-0.4, -0.2) is 22.3 Å². The molecule has 0 aliphatic rings. The van der Waals surface area contributed by atoms with Crippen molar-refractivity contribution in [2.24, 2.45) is 0 Å². The molecule has 150 valence electrons. The van der Waals surface area contributed by atoms with Gasteiger partial charge in [0, 0.05) is 17.8 Å². The van der Waals surface area contributed by atoms with E-state index >= 15 is 0 Å². The Hall–Kier alpha value is -2.40. The minimum atomic E-state index is -0.470. The van der Waals surface area contributed by atoms with Crippen LogP contribution in [0.15, 0.2) is 36.4 Å². The fourth-order valence-corrected chi connectivity index (χ4v) is 2.24. The molecule has 0 aliphatic heterocycles. The highest BCUT2D eigenvalue weighted by atomic mass is 35.5. The van der Waals surface area contributed by atoms with E-state index in [1.54, 1.807) is 32.0 Å². The van der Waals surface area contributed by atoms with Crippen molar-refractivity contribution in [2.75, 3.05) is 5.32 Å². The van der Waals surface area contributed by atoms with Crippen LogP contribution in [0.2, 0.25) is 5.02 Å². The molecular formula is C21H30ClNO4. The molecule has 0 aromatic heterocycles. The zero-order valence-corrected chi connectivity index (χ0v) is 17.6. The summed E-state index contributed by atoms with van der Waals surface area (Å²) in [5.41, 5.74) is 1.52. The van der Waals surface area contributed by atoms with E-state index in [1.165, 1.54) is 18.2 Å². The molecule has 0 atom stereocenters. The standard InChI is InChI=1S/C17H18ClNO4.2C2H6/c1-10(2)23-17(22)14-5-3-12(8-15(14)18)19-9-11-7-13(20)4-6-16(11)21;2*1-2/h3-8,10,19-21H,9H2,1-2H3;2*1-2H3. The predicted molar refractivity (Wildman–Crippen MR) is 112 cm³/mol. The number of carbonyl (C=O) groups excluding carboxylic acids is 1. The number of phenols is 2. The molecule has 6 heteroatoms. The van der Waals surface area contributed by atoms with E-state index in [9.17, 15) is 15.0 Å². The SMILES string of the molecule is CC.CC.CC(C)OC(=O)c1ccc(NCc2cc(O)ccc2O)cc1Cl. The Morgan fingerprint density at radius 1 is 1.07 bits per heavy atom.